The monoisotopic (exact) mass is 298 g/mol. The van der Waals surface area contributed by atoms with Crippen LogP contribution in [0.3, 0.4) is 0 Å². The molecule has 0 atom stereocenters. The largest absolute Gasteiger partial charge is 0.464 e. The zero-order chi connectivity index (χ0) is 15.9. The number of carbonyl (C=O) groups excluding carboxylic acids is 2. The minimum absolute atomic E-state index is 0.0232. The molecule has 114 valence electrons. The lowest BCUT2D eigenvalue weighted by atomic mass is 10.1. The van der Waals surface area contributed by atoms with Gasteiger partial charge in [0.05, 0.1) is 12.7 Å². The number of terminal acetylenes is 1. The van der Waals surface area contributed by atoms with Gasteiger partial charge < -0.3 is 15.1 Å². The molecule has 0 spiro atoms. The van der Waals surface area contributed by atoms with Gasteiger partial charge in [0.1, 0.15) is 5.58 Å². The Morgan fingerprint density at radius 1 is 1.32 bits per heavy atom. The van der Waals surface area contributed by atoms with Crippen molar-refractivity contribution in [1.29, 1.82) is 0 Å². The molecule has 0 unspecified atom stereocenters. The summed E-state index contributed by atoms with van der Waals surface area (Å²) in [6.07, 6.45) is 8.80. The van der Waals surface area contributed by atoms with Crippen LogP contribution in [-0.2, 0) is 16.0 Å². The highest BCUT2D eigenvalue weighted by Gasteiger charge is 2.09. The van der Waals surface area contributed by atoms with E-state index in [1.165, 1.54) is 0 Å². The van der Waals surface area contributed by atoms with Gasteiger partial charge in [0.15, 0.2) is 0 Å². The number of anilines is 1. The molecule has 2 rings (SSSR count). The molecular formula is C17H18N2O3. The van der Waals surface area contributed by atoms with Crippen molar-refractivity contribution in [3.63, 3.8) is 0 Å². The summed E-state index contributed by atoms with van der Waals surface area (Å²) in [6.45, 7) is 0. The third-order valence-electron chi connectivity index (χ3n) is 3.33. The molecule has 1 heterocycles. The molecule has 5 heteroatoms. The quantitative estimate of drug-likeness (QED) is 0.805. The molecule has 0 fully saturated rings. The molecule has 2 N–H and O–H groups in total. The van der Waals surface area contributed by atoms with Gasteiger partial charge in [-0.3, -0.25) is 9.59 Å². The molecule has 1 aromatic heterocycles. The average molecular weight is 298 g/mol. The van der Waals surface area contributed by atoms with Crippen molar-refractivity contribution in [3.05, 3.63) is 30.0 Å². The fourth-order valence-corrected chi connectivity index (χ4v) is 2.22. The number of carbonyl (C=O) groups is 2. The van der Waals surface area contributed by atoms with E-state index in [1.54, 1.807) is 19.4 Å². The molecule has 0 bridgehead atoms. The number of benzene rings is 1. The van der Waals surface area contributed by atoms with Crippen LogP contribution in [0.1, 0.15) is 24.8 Å². The standard InChI is InChI=1S/C17H18N2O3/c1-3-5-17(21)19-13-8-9-15-14(10-13)12(11-22-15)6-4-7-16(20)18-2/h1,8-11H,4-7H2,2H3,(H,18,20)(H,19,21). The Hall–Kier alpha value is -2.74. The zero-order valence-electron chi connectivity index (χ0n) is 12.4. The summed E-state index contributed by atoms with van der Waals surface area (Å²) in [5, 5.41) is 6.29. The number of rotatable bonds is 6. The predicted octanol–water partition coefficient (Wildman–Crippen LogP) is 2.46. The number of amides is 2. The van der Waals surface area contributed by atoms with Gasteiger partial charge in [-0.15, -0.1) is 6.42 Å². The van der Waals surface area contributed by atoms with Gasteiger partial charge in [-0.25, -0.2) is 0 Å². The number of aryl methyl sites for hydroxylation is 1. The third kappa shape index (κ3) is 3.89. The SMILES string of the molecule is C#CCC(=O)Nc1ccc2occ(CCCC(=O)NC)c2c1. The summed E-state index contributed by atoms with van der Waals surface area (Å²) in [4.78, 5) is 22.8. The van der Waals surface area contributed by atoms with Crippen LogP contribution in [0, 0.1) is 12.3 Å². The molecule has 22 heavy (non-hydrogen) atoms. The van der Waals surface area contributed by atoms with E-state index in [2.05, 4.69) is 16.6 Å². The second-order valence-electron chi connectivity index (χ2n) is 4.93. The van der Waals surface area contributed by atoms with Crippen molar-refractivity contribution in [2.75, 3.05) is 12.4 Å². The van der Waals surface area contributed by atoms with Gasteiger partial charge in [0, 0.05) is 24.5 Å². The van der Waals surface area contributed by atoms with E-state index in [0.717, 1.165) is 29.4 Å². The van der Waals surface area contributed by atoms with Crippen LogP contribution in [0.2, 0.25) is 0 Å². The molecule has 0 saturated heterocycles. The maximum atomic E-state index is 11.5. The lowest BCUT2D eigenvalue weighted by Gasteiger charge is -2.04. The predicted molar refractivity (Wildman–Crippen MR) is 85.3 cm³/mol. The third-order valence-corrected chi connectivity index (χ3v) is 3.33. The number of furan rings is 1. The Morgan fingerprint density at radius 3 is 2.86 bits per heavy atom. The summed E-state index contributed by atoms with van der Waals surface area (Å²) in [5.74, 6) is 2.11. The van der Waals surface area contributed by atoms with Crippen LogP contribution >= 0.6 is 0 Å². The first-order chi connectivity index (χ1) is 10.6. The number of nitrogens with one attached hydrogen (secondary N) is 2. The average Bonchev–Trinajstić information content (AvgIpc) is 2.90. The highest BCUT2D eigenvalue weighted by molar-refractivity contribution is 5.95. The van der Waals surface area contributed by atoms with Crippen LogP contribution in [-0.4, -0.2) is 18.9 Å². The fraction of sp³-hybridized carbons (Fsp3) is 0.294. The highest BCUT2D eigenvalue weighted by Crippen LogP contribution is 2.26. The Bertz CT molecular complexity index is 725. The number of hydrogen-bond donors (Lipinski definition) is 2. The molecule has 0 saturated carbocycles. The minimum atomic E-state index is -0.216. The second-order valence-corrected chi connectivity index (χ2v) is 4.93. The van der Waals surface area contributed by atoms with Crippen LogP contribution in [0.25, 0.3) is 11.0 Å². The van der Waals surface area contributed by atoms with Gasteiger partial charge in [-0.05, 0) is 36.6 Å². The molecular weight excluding hydrogens is 280 g/mol. The van der Waals surface area contributed by atoms with E-state index in [4.69, 9.17) is 10.8 Å². The van der Waals surface area contributed by atoms with Gasteiger partial charge in [0.25, 0.3) is 0 Å². The van der Waals surface area contributed by atoms with E-state index in [1.807, 2.05) is 12.1 Å². The molecule has 0 radical (unpaired) electrons. The first kappa shape index (κ1) is 15.6. The Kier molecular flexibility index (Phi) is 5.21. The van der Waals surface area contributed by atoms with Crippen molar-refractivity contribution in [2.24, 2.45) is 0 Å². The molecule has 2 aromatic rings. The number of fused-ring (bicyclic) bond motifs is 1. The Balaban J connectivity index is 2.10. The first-order valence-corrected chi connectivity index (χ1v) is 7.08. The van der Waals surface area contributed by atoms with Crippen molar-refractivity contribution < 1.29 is 14.0 Å². The normalized spacial score (nSPS) is 10.2. The molecule has 0 aliphatic heterocycles. The maximum absolute atomic E-state index is 11.5. The van der Waals surface area contributed by atoms with Crippen LogP contribution in [0.5, 0.6) is 0 Å². The van der Waals surface area contributed by atoms with Crippen LogP contribution in [0.15, 0.2) is 28.9 Å². The van der Waals surface area contributed by atoms with E-state index < -0.39 is 0 Å². The zero-order valence-corrected chi connectivity index (χ0v) is 12.4. The van der Waals surface area contributed by atoms with Crippen molar-refractivity contribution >= 4 is 28.5 Å². The summed E-state index contributed by atoms with van der Waals surface area (Å²) >= 11 is 0. The van der Waals surface area contributed by atoms with Crippen molar-refractivity contribution in [2.45, 2.75) is 25.7 Å². The summed E-state index contributed by atoms with van der Waals surface area (Å²) in [6, 6.07) is 5.44. The lowest BCUT2D eigenvalue weighted by molar-refractivity contribution is -0.120. The summed E-state index contributed by atoms with van der Waals surface area (Å²) < 4.78 is 5.49. The lowest BCUT2D eigenvalue weighted by Crippen LogP contribution is -2.17. The van der Waals surface area contributed by atoms with Crippen molar-refractivity contribution in [1.82, 2.24) is 5.32 Å². The van der Waals surface area contributed by atoms with Crippen molar-refractivity contribution in [3.8, 4) is 12.3 Å². The first-order valence-electron chi connectivity index (χ1n) is 7.08. The minimum Gasteiger partial charge on any atom is -0.464 e. The smallest absolute Gasteiger partial charge is 0.236 e. The van der Waals surface area contributed by atoms with E-state index >= 15 is 0 Å². The molecule has 0 aliphatic carbocycles. The molecule has 5 nitrogen and oxygen atoms in total. The van der Waals surface area contributed by atoms with Crippen LogP contribution in [0.4, 0.5) is 5.69 Å². The topological polar surface area (TPSA) is 71.3 Å². The van der Waals surface area contributed by atoms with Crippen LogP contribution < -0.4 is 10.6 Å². The van der Waals surface area contributed by atoms with Gasteiger partial charge in [-0.2, -0.15) is 0 Å². The second kappa shape index (κ2) is 7.32. The Labute approximate surface area is 129 Å². The highest BCUT2D eigenvalue weighted by atomic mass is 16.3. The van der Waals surface area contributed by atoms with E-state index in [0.29, 0.717) is 12.1 Å². The fourth-order valence-electron chi connectivity index (χ4n) is 2.22. The summed E-state index contributed by atoms with van der Waals surface area (Å²) in [7, 11) is 1.63. The van der Waals surface area contributed by atoms with Gasteiger partial charge in [0.2, 0.25) is 11.8 Å². The van der Waals surface area contributed by atoms with Gasteiger partial charge in [-0.1, -0.05) is 5.92 Å². The maximum Gasteiger partial charge on any atom is 0.236 e. The molecule has 2 amide bonds. The van der Waals surface area contributed by atoms with Gasteiger partial charge >= 0.3 is 0 Å². The Morgan fingerprint density at radius 2 is 2.14 bits per heavy atom. The van der Waals surface area contributed by atoms with E-state index in [-0.39, 0.29) is 18.2 Å². The summed E-state index contributed by atoms with van der Waals surface area (Å²) in [5.41, 5.74) is 2.46. The number of hydrogen-bond acceptors (Lipinski definition) is 3. The van der Waals surface area contributed by atoms with E-state index in [9.17, 15) is 9.59 Å². The molecule has 1 aromatic carbocycles. The molecule has 0 aliphatic rings.